The minimum atomic E-state index is -0.0698. The summed E-state index contributed by atoms with van der Waals surface area (Å²) in [4.78, 5) is 13.6. The molecule has 0 aliphatic rings. The van der Waals surface area contributed by atoms with Crippen LogP contribution in [0.25, 0.3) is 0 Å². The smallest absolute Gasteiger partial charge is 0.238 e. The van der Waals surface area contributed by atoms with Gasteiger partial charge in [-0.25, -0.2) is 0 Å². The van der Waals surface area contributed by atoms with Crippen LogP contribution in [0.5, 0.6) is 0 Å². The van der Waals surface area contributed by atoms with Gasteiger partial charge in [0.25, 0.3) is 0 Å². The van der Waals surface area contributed by atoms with E-state index in [2.05, 4.69) is 5.32 Å². The molecule has 0 saturated heterocycles. The molecule has 0 spiro atoms. The summed E-state index contributed by atoms with van der Waals surface area (Å²) in [5.74, 6) is -0.0698. The normalized spacial score (nSPS) is 11.0. The molecule has 1 N–H and O–H groups in total. The number of nitrogens with one attached hydrogen (secondary N) is 1. The second kappa shape index (κ2) is 6.24. The minimum Gasteiger partial charge on any atom is -0.325 e. The third kappa shape index (κ3) is 4.54. The van der Waals surface area contributed by atoms with Crippen molar-refractivity contribution in [3.05, 3.63) is 28.2 Å². The van der Waals surface area contributed by atoms with Crippen molar-refractivity contribution in [2.24, 2.45) is 0 Å². The first-order valence-corrected chi connectivity index (χ1v) is 6.11. The van der Waals surface area contributed by atoms with Gasteiger partial charge in [0, 0.05) is 11.7 Å². The average Bonchev–Trinajstić information content (AvgIpc) is 2.23. The molecule has 0 bridgehead atoms. The number of hydrogen-bond donors (Lipinski definition) is 1. The Kier molecular flexibility index (Phi) is 5.25. The first-order chi connectivity index (χ1) is 7.90. The summed E-state index contributed by atoms with van der Waals surface area (Å²) in [5, 5.41) is 3.68. The van der Waals surface area contributed by atoms with E-state index in [1.54, 1.807) is 18.2 Å². The summed E-state index contributed by atoms with van der Waals surface area (Å²) < 4.78 is 0. The maximum atomic E-state index is 11.7. The molecule has 1 aromatic carbocycles. The summed E-state index contributed by atoms with van der Waals surface area (Å²) in [6.45, 7) is 4.41. The van der Waals surface area contributed by atoms with Crippen LogP contribution in [0, 0.1) is 0 Å². The number of nitrogens with zero attached hydrogens (tertiary/aromatic N) is 1. The molecule has 0 aliphatic carbocycles. The van der Waals surface area contributed by atoms with E-state index in [1.807, 2.05) is 25.8 Å². The molecule has 0 aromatic heterocycles. The van der Waals surface area contributed by atoms with Crippen molar-refractivity contribution in [3.63, 3.8) is 0 Å². The van der Waals surface area contributed by atoms with E-state index in [9.17, 15) is 4.79 Å². The molecule has 0 heterocycles. The number of likely N-dealkylation sites (N-methyl/N-ethyl adjacent to an activating group) is 1. The molecule has 5 heteroatoms. The van der Waals surface area contributed by atoms with Gasteiger partial charge in [-0.2, -0.15) is 0 Å². The van der Waals surface area contributed by atoms with E-state index in [1.165, 1.54) is 0 Å². The zero-order chi connectivity index (χ0) is 13.0. The molecular weight excluding hydrogens is 259 g/mol. The Bertz CT molecular complexity index is 407. The van der Waals surface area contributed by atoms with Crippen molar-refractivity contribution in [1.29, 1.82) is 0 Å². The van der Waals surface area contributed by atoms with Crippen LogP contribution in [0.15, 0.2) is 18.2 Å². The highest BCUT2D eigenvalue weighted by molar-refractivity contribution is 6.42. The zero-order valence-electron chi connectivity index (χ0n) is 10.1. The molecule has 1 amide bonds. The number of carbonyl (C=O) groups excluding carboxylic acids is 1. The molecule has 0 radical (unpaired) electrons. The van der Waals surface area contributed by atoms with Gasteiger partial charge < -0.3 is 5.32 Å². The fraction of sp³-hybridized carbons (Fsp3) is 0.417. The van der Waals surface area contributed by atoms with Gasteiger partial charge in [-0.05, 0) is 39.1 Å². The van der Waals surface area contributed by atoms with E-state index in [0.717, 1.165) is 0 Å². The highest BCUT2D eigenvalue weighted by atomic mass is 35.5. The third-order valence-electron chi connectivity index (χ3n) is 2.48. The highest BCUT2D eigenvalue weighted by Crippen LogP contribution is 2.24. The van der Waals surface area contributed by atoms with Crippen molar-refractivity contribution in [2.45, 2.75) is 19.9 Å². The van der Waals surface area contributed by atoms with Crippen molar-refractivity contribution in [3.8, 4) is 0 Å². The molecule has 0 fully saturated rings. The molecule has 0 unspecified atom stereocenters. The van der Waals surface area contributed by atoms with Crippen LogP contribution in [0.1, 0.15) is 13.8 Å². The number of hydrogen-bond acceptors (Lipinski definition) is 2. The number of benzene rings is 1. The Balaban J connectivity index is 2.59. The monoisotopic (exact) mass is 274 g/mol. The number of rotatable bonds is 4. The molecule has 1 aromatic rings. The zero-order valence-corrected chi connectivity index (χ0v) is 11.6. The van der Waals surface area contributed by atoms with Gasteiger partial charge in [0.15, 0.2) is 0 Å². The topological polar surface area (TPSA) is 32.3 Å². The largest absolute Gasteiger partial charge is 0.325 e. The standard InChI is InChI=1S/C12H16Cl2N2O/c1-8(2)16(3)7-12(17)15-9-4-5-10(13)11(14)6-9/h4-6,8H,7H2,1-3H3,(H,15,17). The van der Waals surface area contributed by atoms with Gasteiger partial charge in [0.2, 0.25) is 5.91 Å². The average molecular weight is 275 g/mol. The lowest BCUT2D eigenvalue weighted by atomic mass is 10.3. The van der Waals surface area contributed by atoms with Crippen LogP contribution in [-0.2, 0) is 4.79 Å². The van der Waals surface area contributed by atoms with Crippen LogP contribution in [0.4, 0.5) is 5.69 Å². The quantitative estimate of drug-likeness (QED) is 0.914. The summed E-state index contributed by atoms with van der Waals surface area (Å²) in [7, 11) is 1.90. The Labute approximate surface area is 112 Å². The fourth-order valence-corrected chi connectivity index (χ4v) is 1.48. The summed E-state index contributed by atoms with van der Waals surface area (Å²) in [5.41, 5.74) is 0.654. The van der Waals surface area contributed by atoms with E-state index >= 15 is 0 Å². The molecule has 0 aliphatic heterocycles. The second-order valence-electron chi connectivity index (χ2n) is 4.19. The van der Waals surface area contributed by atoms with Crippen LogP contribution in [0.2, 0.25) is 10.0 Å². The summed E-state index contributed by atoms with van der Waals surface area (Å²) >= 11 is 11.7. The second-order valence-corrected chi connectivity index (χ2v) is 5.00. The molecule has 94 valence electrons. The third-order valence-corrected chi connectivity index (χ3v) is 3.22. The van der Waals surface area contributed by atoms with Crippen molar-refractivity contribution in [1.82, 2.24) is 4.90 Å². The lowest BCUT2D eigenvalue weighted by molar-refractivity contribution is -0.117. The Morgan fingerprint density at radius 2 is 2.00 bits per heavy atom. The Hall–Kier alpha value is -0.770. The number of amides is 1. The van der Waals surface area contributed by atoms with Crippen LogP contribution < -0.4 is 5.32 Å². The van der Waals surface area contributed by atoms with Gasteiger partial charge in [0.05, 0.1) is 16.6 Å². The number of halogens is 2. The van der Waals surface area contributed by atoms with Gasteiger partial charge in [0.1, 0.15) is 0 Å². The molecular formula is C12H16Cl2N2O. The van der Waals surface area contributed by atoms with Gasteiger partial charge >= 0.3 is 0 Å². The van der Waals surface area contributed by atoms with Gasteiger partial charge in [-0.15, -0.1) is 0 Å². The summed E-state index contributed by atoms with van der Waals surface area (Å²) in [6.07, 6.45) is 0. The van der Waals surface area contributed by atoms with Crippen LogP contribution in [0.3, 0.4) is 0 Å². The first-order valence-electron chi connectivity index (χ1n) is 5.35. The van der Waals surface area contributed by atoms with E-state index in [-0.39, 0.29) is 5.91 Å². The van der Waals surface area contributed by atoms with Gasteiger partial charge in [-0.1, -0.05) is 23.2 Å². The molecule has 17 heavy (non-hydrogen) atoms. The van der Waals surface area contributed by atoms with E-state index < -0.39 is 0 Å². The fourth-order valence-electron chi connectivity index (χ4n) is 1.18. The number of anilines is 1. The molecule has 0 saturated carbocycles. The lowest BCUT2D eigenvalue weighted by Gasteiger charge is -2.20. The predicted octanol–water partition coefficient (Wildman–Crippen LogP) is 3.27. The van der Waals surface area contributed by atoms with Crippen LogP contribution in [-0.4, -0.2) is 30.4 Å². The first kappa shape index (κ1) is 14.3. The Morgan fingerprint density at radius 3 is 2.53 bits per heavy atom. The highest BCUT2D eigenvalue weighted by Gasteiger charge is 2.10. The molecule has 1 rings (SSSR count). The minimum absolute atomic E-state index is 0.0698. The molecule has 0 atom stereocenters. The van der Waals surface area contributed by atoms with Crippen molar-refractivity contribution < 1.29 is 4.79 Å². The maximum Gasteiger partial charge on any atom is 0.238 e. The van der Waals surface area contributed by atoms with Crippen LogP contribution >= 0.6 is 23.2 Å². The van der Waals surface area contributed by atoms with Crippen molar-refractivity contribution >= 4 is 34.8 Å². The number of carbonyl (C=O) groups is 1. The predicted molar refractivity (Wildman–Crippen MR) is 72.9 cm³/mol. The Morgan fingerprint density at radius 1 is 1.35 bits per heavy atom. The van der Waals surface area contributed by atoms with E-state index in [4.69, 9.17) is 23.2 Å². The van der Waals surface area contributed by atoms with Gasteiger partial charge in [-0.3, -0.25) is 9.69 Å². The SMILES string of the molecule is CC(C)N(C)CC(=O)Nc1ccc(Cl)c(Cl)c1. The lowest BCUT2D eigenvalue weighted by Crippen LogP contribution is -2.34. The summed E-state index contributed by atoms with van der Waals surface area (Å²) in [6, 6.07) is 5.35. The van der Waals surface area contributed by atoms with E-state index in [0.29, 0.717) is 28.3 Å². The maximum absolute atomic E-state index is 11.7. The van der Waals surface area contributed by atoms with Crippen molar-refractivity contribution in [2.75, 3.05) is 18.9 Å². The molecule has 3 nitrogen and oxygen atoms in total.